The number of pyridine rings is 1. The third-order valence-electron chi connectivity index (χ3n) is 3.12. The third-order valence-corrected chi connectivity index (χ3v) is 3.12. The maximum absolute atomic E-state index is 12.4. The van der Waals surface area contributed by atoms with Gasteiger partial charge in [-0.15, -0.1) is 24.0 Å². The molecule has 11 heteroatoms. The minimum Gasteiger partial charge on any atom is -0.476 e. The lowest BCUT2D eigenvalue weighted by atomic mass is 10.3. The monoisotopic (exact) mass is 506 g/mol. The summed E-state index contributed by atoms with van der Waals surface area (Å²) in [6, 6.07) is 2.13. The van der Waals surface area contributed by atoms with Crippen molar-refractivity contribution in [3.8, 4) is 5.88 Å². The van der Waals surface area contributed by atoms with E-state index in [0.717, 1.165) is 18.7 Å². The van der Waals surface area contributed by atoms with Crippen molar-refractivity contribution in [2.45, 2.75) is 12.6 Å². The molecule has 2 N–H and O–H groups in total. The van der Waals surface area contributed by atoms with Crippen LogP contribution in [0.4, 0.5) is 13.2 Å². The Bertz CT molecular complexity index is 531. The smallest absolute Gasteiger partial charge is 0.417 e. The molecule has 156 valence electrons. The van der Waals surface area contributed by atoms with Gasteiger partial charge in [-0.2, -0.15) is 13.2 Å². The van der Waals surface area contributed by atoms with Crippen LogP contribution in [0.5, 0.6) is 5.88 Å². The zero-order chi connectivity index (χ0) is 19.3. The summed E-state index contributed by atoms with van der Waals surface area (Å²) >= 11 is 0. The predicted molar refractivity (Wildman–Crippen MR) is 107 cm³/mol. The molecular formula is C16H26F3IN4O3. The van der Waals surface area contributed by atoms with E-state index in [2.05, 4.69) is 20.6 Å². The summed E-state index contributed by atoms with van der Waals surface area (Å²) in [4.78, 5) is 7.69. The second-order valence-corrected chi connectivity index (χ2v) is 5.12. The molecule has 0 atom stereocenters. The Hall–Kier alpha value is -1.34. The topological polar surface area (TPSA) is 77.0 Å². The molecular weight excluding hydrogens is 480 g/mol. The van der Waals surface area contributed by atoms with E-state index in [4.69, 9.17) is 14.2 Å². The van der Waals surface area contributed by atoms with Gasteiger partial charge in [-0.1, -0.05) is 0 Å². The molecule has 1 aromatic heterocycles. The summed E-state index contributed by atoms with van der Waals surface area (Å²) < 4.78 is 52.8. The van der Waals surface area contributed by atoms with Crippen molar-refractivity contribution in [2.75, 3.05) is 53.7 Å². The fraction of sp³-hybridized carbons (Fsp3) is 0.625. The number of aliphatic imine (C=N–C) groups is 1. The lowest BCUT2D eigenvalue weighted by molar-refractivity contribution is -0.137. The minimum absolute atomic E-state index is 0. The molecule has 1 heterocycles. The second kappa shape index (κ2) is 14.7. The van der Waals surface area contributed by atoms with Gasteiger partial charge in [-0.25, -0.2) is 4.98 Å². The number of rotatable bonds is 11. The van der Waals surface area contributed by atoms with Crippen molar-refractivity contribution in [1.29, 1.82) is 0 Å². The zero-order valence-corrected chi connectivity index (χ0v) is 17.7. The van der Waals surface area contributed by atoms with Gasteiger partial charge in [0.1, 0.15) is 6.61 Å². The largest absolute Gasteiger partial charge is 0.476 e. The number of alkyl halides is 3. The van der Waals surface area contributed by atoms with Crippen LogP contribution in [-0.4, -0.2) is 64.6 Å². The predicted octanol–water partition coefficient (Wildman–Crippen LogP) is 2.32. The first kappa shape index (κ1) is 25.7. The van der Waals surface area contributed by atoms with E-state index in [1.165, 1.54) is 6.07 Å². The van der Waals surface area contributed by atoms with Crippen LogP contribution < -0.4 is 15.4 Å². The average molecular weight is 506 g/mol. The lowest BCUT2D eigenvalue weighted by Gasteiger charge is -2.12. The molecule has 7 nitrogen and oxygen atoms in total. The van der Waals surface area contributed by atoms with Crippen LogP contribution in [0, 0.1) is 0 Å². The summed E-state index contributed by atoms with van der Waals surface area (Å²) in [5.74, 6) is 0.738. The second-order valence-electron chi connectivity index (χ2n) is 5.12. The van der Waals surface area contributed by atoms with Crippen LogP contribution in [-0.2, 0) is 15.7 Å². The minimum atomic E-state index is -4.40. The van der Waals surface area contributed by atoms with E-state index in [9.17, 15) is 13.2 Å². The highest BCUT2D eigenvalue weighted by atomic mass is 127. The highest BCUT2D eigenvalue weighted by molar-refractivity contribution is 14.0. The Morgan fingerprint density at radius 2 is 1.85 bits per heavy atom. The molecule has 0 aromatic carbocycles. The first-order chi connectivity index (χ1) is 12.5. The summed E-state index contributed by atoms with van der Waals surface area (Å²) in [7, 11) is 3.26. The summed E-state index contributed by atoms with van der Waals surface area (Å²) in [5, 5.41) is 6.15. The van der Waals surface area contributed by atoms with E-state index in [1.54, 1.807) is 14.2 Å². The molecule has 0 saturated carbocycles. The zero-order valence-electron chi connectivity index (χ0n) is 15.3. The fourth-order valence-corrected chi connectivity index (χ4v) is 1.80. The van der Waals surface area contributed by atoms with Crippen molar-refractivity contribution < 1.29 is 27.4 Å². The third kappa shape index (κ3) is 11.9. The van der Waals surface area contributed by atoms with Crippen molar-refractivity contribution in [3.05, 3.63) is 23.9 Å². The number of hydrogen-bond donors (Lipinski definition) is 2. The molecule has 0 aliphatic heterocycles. The molecule has 0 unspecified atom stereocenters. The van der Waals surface area contributed by atoms with Crippen LogP contribution in [0.2, 0.25) is 0 Å². The number of halogens is 4. The lowest BCUT2D eigenvalue weighted by Crippen LogP contribution is -2.40. The van der Waals surface area contributed by atoms with Gasteiger partial charge < -0.3 is 24.8 Å². The van der Waals surface area contributed by atoms with Crippen LogP contribution >= 0.6 is 24.0 Å². The Balaban J connectivity index is 0.00000676. The molecule has 0 spiro atoms. The molecule has 0 bridgehead atoms. The van der Waals surface area contributed by atoms with Crippen molar-refractivity contribution >= 4 is 29.9 Å². The van der Waals surface area contributed by atoms with Gasteiger partial charge >= 0.3 is 6.18 Å². The fourth-order valence-electron chi connectivity index (χ4n) is 1.80. The standard InChI is InChI=1S/C16H25F3N4O3.HI/c1-20-15(21-6-3-8-25-11-10-24-2)22-7-9-26-14-5-4-13(12-23-14)16(17,18)19;/h4-5,12H,3,6-11H2,1-2H3,(H2,20,21,22);1H. The summed E-state index contributed by atoms with van der Waals surface area (Å²) in [5.41, 5.74) is -0.807. The molecule has 27 heavy (non-hydrogen) atoms. The number of hydrogen-bond acceptors (Lipinski definition) is 5. The van der Waals surface area contributed by atoms with Gasteiger partial charge in [0.2, 0.25) is 5.88 Å². The first-order valence-corrected chi connectivity index (χ1v) is 8.14. The number of nitrogens with zero attached hydrogens (tertiary/aromatic N) is 2. The Kier molecular flexibility index (Phi) is 14.0. The van der Waals surface area contributed by atoms with E-state index >= 15 is 0 Å². The molecule has 0 saturated heterocycles. The molecule has 0 aliphatic carbocycles. The van der Waals surface area contributed by atoms with E-state index in [1.807, 2.05) is 0 Å². The SMILES string of the molecule is CN=C(NCCCOCCOC)NCCOc1ccc(C(F)(F)F)cn1.I. The molecule has 1 aromatic rings. The van der Waals surface area contributed by atoms with Gasteiger partial charge in [-0.3, -0.25) is 4.99 Å². The highest BCUT2D eigenvalue weighted by Gasteiger charge is 2.30. The number of nitrogens with one attached hydrogen (secondary N) is 2. The van der Waals surface area contributed by atoms with Crippen LogP contribution in [0.3, 0.4) is 0 Å². The number of ether oxygens (including phenoxy) is 3. The van der Waals surface area contributed by atoms with Gasteiger partial charge in [0, 0.05) is 39.6 Å². The molecule has 0 amide bonds. The van der Waals surface area contributed by atoms with Crippen LogP contribution in [0.1, 0.15) is 12.0 Å². The molecule has 1 rings (SSSR count). The average Bonchev–Trinajstić information content (AvgIpc) is 2.62. The summed E-state index contributed by atoms with van der Waals surface area (Å²) in [6.45, 7) is 3.11. The van der Waals surface area contributed by atoms with E-state index < -0.39 is 11.7 Å². The highest BCUT2D eigenvalue weighted by Crippen LogP contribution is 2.29. The van der Waals surface area contributed by atoms with Crippen molar-refractivity contribution in [2.24, 2.45) is 4.99 Å². The van der Waals surface area contributed by atoms with E-state index in [0.29, 0.717) is 38.9 Å². The maximum atomic E-state index is 12.4. The molecule has 0 fully saturated rings. The first-order valence-electron chi connectivity index (χ1n) is 8.14. The number of guanidine groups is 1. The van der Waals surface area contributed by atoms with Crippen molar-refractivity contribution in [3.63, 3.8) is 0 Å². The maximum Gasteiger partial charge on any atom is 0.417 e. The quantitative estimate of drug-likeness (QED) is 0.208. The Labute approximate surface area is 174 Å². The summed E-state index contributed by atoms with van der Waals surface area (Å²) in [6.07, 6.45) is -2.84. The number of methoxy groups -OCH3 is 1. The normalized spacial score (nSPS) is 11.7. The van der Waals surface area contributed by atoms with Gasteiger partial charge in [0.25, 0.3) is 0 Å². The van der Waals surface area contributed by atoms with Crippen LogP contribution in [0.15, 0.2) is 23.3 Å². The Morgan fingerprint density at radius 3 is 2.44 bits per heavy atom. The number of aromatic nitrogens is 1. The van der Waals surface area contributed by atoms with Gasteiger partial charge in [0.15, 0.2) is 5.96 Å². The van der Waals surface area contributed by atoms with Gasteiger partial charge in [0.05, 0.1) is 25.3 Å². The molecule has 0 radical (unpaired) electrons. The Morgan fingerprint density at radius 1 is 1.11 bits per heavy atom. The van der Waals surface area contributed by atoms with Crippen molar-refractivity contribution in [1.82, 2.24) is 15.6 Å². The van der Waals surface area contributed by atoms with E-state index in [-0.39, 0.29) is 36.5 Å². The van der Waals surface area contributed by atoms with Gasteiger partial charge in [-0.05, 0) is 12.5 Å². The van der Waals surface area contributed by atoms with Crippen LogP contribution in [0.25, 0.3) is 0 Å². The molecule has 0 aliphatic rings.